The highest BCUT2D eigenvalue weighted by atomic mass is 19.1. The zero-order valence-electron chi connectivity index (χ0n) is 10.9. The molecular weight excluding hydrogens is 249 g/mol. The normalized spacial score (nSPS) is 10.7. The highest BCUT2D eigenvalue weighted by molar-refractivity contribution is 5.29. The average Bonchev–Trinajstić information content (AvgIpc) is 2.81. The van der Waals surface area contributed by atoms with Gasteiger partial charge in [-0.1, -0.05) is 11.2 Å². The highest BCUT2D eigenvalue weighted by Crippen LogP contribution is 2.17. The van der Waals surface area contributed by atoms with Gasteiger partial charge in [-0.2, -0.15) is 4.98 Å². The Labute approximate surface area is 110 Å². The maximum Gasteiger partial charge on any atom is 0.227 e. The first-order chi connectivity index (χ1) is 9.19. The molecule has 0 fully saturated rings. The first-order valence-electron chi connectivity index (χ1n) is 6.01. The first kappa shape index (κ1) is 13.5. The van der Waals surface area contributed by atoms with Gasteiger partial charge in [0.25, 0.3) is 0 Å². The van der Waals surface area contributed by atoms with Gasteiger partial charge in [-0.05, 0) is 24.6 Å². The van der Waals surface area contributed by atoms with Crippen LogP contribution in [-0.4, -0.2) is 23.8 Å². The Balaban J connectivity index is 1.78. The number of rotatable bonds is 6. The number of hydrogen-bond donors (Lipinski definition) is 1. The molecule has 0 bridgehead atoms. The Hall–Kier alpha value is -1.95. The Morgan fingerprint density at radius 2 is 2.26 bits per heavy atom. The van der Waals surface area contributed by atoms with Crippen LogP contribution in [0.15, 0.2) is 22.7 Å². The maximum atomic E-state index is 13.4. The number of nitrogens with one attached hydrogen (secondary N) is 1. The minimum atomic E-state index is -0.352. The third-order valence-electron chi connectivity index (χ3n) is 2.63. The third kappa shape index (κ3) is 3.75. The number of ether oxygens (including phenoxy) is 1. The van der Waals surface area contributed by atoms with Crippen molar-refractivity contribution >= 4 is 0 Å². The van der Waals surface area contributed by atoms with Gasteiger partial charge in [0.2, 0.25) is 5.89 Å². The van der Waals surface area contributed by atoms with Crippen LogP contribution in [0.4, 0.5) is 4.39 Å². The van der Waals surface area contributed by atoms with Crippen molar-refractivity contribution < 1.29 is 13.7 Å². The fourth-order valence-electron chi connectivity index (χ4n) is 1.69. The molecule has 0 saturated heterocycles. The fraction of sp³-hybridized carbons (Fsp3) is 0.385. The topological polar surface area (TPSA) is 60.2 Å². The van der Waals surface area contributed by atoms with Gasteiger partial charge in [-0.25, -0.2) is 4.39 Å². The predicted molar refractivity (Wildman–Crippen MR) is 67.4 cm³/mol. The molecule has 1 aromatic heterocycles. The number of aryl methyl sites for hydroxylation is 1. The van der Waals surface area contributed by atoms with E-state index in [9.17, 15) is 4.39 Å². The van der Waals surface area contributed by atoms with E-state index in [1.165, 1.54) is 13.2 Å². The Bertz CT molecular complexity index is 542. The molecular formula is C13H16FN3O2. The molecule has 0 aliphatic heterocycles. The molecule has 6 heteroatoms. The minimum absolute atomic E-state index is 0.255. The van der Waals surface area contributed by atoms with E-state index in [4.69, 9.17) is 9.26 Å². The summed E-state index contributed by atoms with van der Waals surface area (Å²) in [5.74, 6) is 1.14. The predicted octanol–water partition coefficient (Wildman–Crippen LogP) is 1.86. The molecule has 0 spiro atoms. The fourth-order valence-corrected chi connectivity index (χ4v) is 1.69. The van der Waals surface area contributed by atoms with E-state index >= 15 is 0 Å². The van der Waals surface area contributed by atoms with E-state index < -0.39 is 0 Å². The summed E-state index contributed by atoms with van der Waals surface area (Å²) in [5, 5.41) is 6.90. The standard InChI is InChI=1S/C13H16FN3O2/c1-9-16-13(19-17-9)5-6-15-8-10-3-4-12(18-2)11(14)7-10/h3-4,7,15H,5-6,8H2,1-2H3. The molecule has 0 saturated carbocycles. The summed E-state index contributed by atoms with van der Waals surface area (Å²) in [4.78, 5) is 4.10. The molecule has 0 amide bonds. The quantitative estimate of drug-likeness (QED) is 0.808. The Morgan fingerprint density at radius 3 is 2.89 bits per heavy atom. The number of methoxy groups -OCH3 is 1. The van der Waals surface area contributed by atoms with E-state index in [1.807, 2.05) is 6.07 Å². The lowest BCUT2D eigenvalue weighted by atomic mass is 10.2. The van der Waals surface area contributed by atoms with Crippen molar-refractivity contribution in [2.45, 2.75) is 19.9 Å². The van der Waals surface area contributed by atoms with Crippen LogP contribution in [0.1, 0.15) is 17.3 Å². The first-order valence-corrected chi connectivity index (χ1v) is 6.01. The van der Waals surface area contributed by atoms with E-state index in [1.54, 1.807) is 13.0 Å². The summed E-state index contributed by atoms with van der Waals surface area (Å²) in [5.41, 5.74) is 0.861. The summed E-state index contributed by atoms with van der Waals surface area (Å²) < 4.78 is 23.3. The van der Waals surface area contributed by atoms with Crippen molar-refractivity contribution in [2.24, 2.45) is 0 Å². The molecule has 0 aliphatic rings. The van der Waals surface area contributed by atoms with E-state index in [0.717, 1.165) is 5.56 Å². The van der Waals surface area contributed by atoms with Gasteiger partial charge in [0.15, 0.2) is 17.4 Å². The van der Waals surface area contributed by atoms with Crippen LogP contribution < -0.4 is 10.1 Å². The zero-order valence-corrected chi connectivity index (χ0v) is 10.9. The van der Waals surface area contributed by atoms with Gasteiger partial charge in [-0.3, -0.25) is 0 Å². The molecule has 0 radical (unpaired) electrons. The van der Waals surface area contributed by atoms with Crippen LogP contribution in [0.2, 0.25) is 0 Å². The molecule has 5 nitrogen and oxygen atoms in total. The van der Waals surface area contributed by atoms with Crippen molar-refractivity contribution in [2.75, 3.05) is 13.7 Å². The maximum absolute atomic E-state index is 13.4. The average molecular weight is 265 g/mol. The number of aromatic nitrogens is 2. The van der Waals surface area contributed by atoms with Crippen molar-refractivity contribution in [1.82, 2.24) is 15.5 Å². The number of benzene rings is 1. The largest absolute Gasteiger partial charge is 0.494 e. The Kier molecular flexibility index (Phi) is 4.46. The smallest absolute Gasteiger partial charge is 0.227 e. The van der Waals surface area contributed by atoms with Crippen LogP contribution in [0.3, 0.4) is 0 Å². The van der Waals surface area contributed by atoms with Crippen LogP contribution in [0.25, 0.3) is 0 Å². The zero-order chi connectivity index (χ0) is 13.7. The molecule has 102 valence electrons. The van der Waals surface area contributed by atoms with Crippen LogP contribution >= 0.6 is 0 Å². The second-order valence-corrected chi connectivity index (χ2v) is 4.13. The van der Waals surface area contributed by atoms with Crippen LogP contribution in [-0.2, 0) is 13.0 Å². The highest BCUT2D eigenvalue weighted by Gasteiger charge is 2.04. The third-order valence-corrected chi connectivity index (χ3v) is 2.63. The van der Waals surface area contributed by atoms with Crippen molar-refractivity contribution in [3.63, 3.8) is 0 Å². The number of hydrogen-bond acceptors (Lipinski definition) is 5. The monoisotopic (exact) mass is 265 g/mol. The van der Waals surface area contributed by atoms with Gasteiger partial charge >= 0.3 is 0 Å². The molecule has 0 atom stereocenters. The summed E-state index contributed by atoms with van der Waals surface area (Å²) >= 11 is 0. The number of nitrogens with zero attached hydrogens (tertiary/aromatic N) is 2. The second kappa shape index (κ2) is 6.29. The van der Waals surface area contributed by atoms with Crippen LogP contribution in [0.5, 0.6) is 5.75 Å². The molecule has 2 aromatic rings. The SMILES string of the molecule is COc1ccc(CNCCc2nc(C)no2)cc1F. The lowest BCUT2D eigenvalue weighted by Gasteiger charge is -2.06. The van der Waals surface area contributed by atoms with Gasteiger partial charge in [0, 0.05) is 19.5 Å². The van der Waals surface area contributed by atoms with E-state index in [0.29, 0.717) is 31.2 Å². The van der Waals surface area contributed by atoms with Crippen LogP contribution in [0, 0.1) is 12.7 Å². The Morgan fingerprint density at radius 1 is 1.42 bits per heavy atom. The number of halogens is 1. The van der Waals surface area contributed by atoms with Gasteiger partial charge in [0.1, 0.15) is 0 Å². The van der Waals surface area contributed by atoms with Crippen molar-refractivity contribution in [3.05, 3.63) is 41.3 Å². The molecule has 1 N–H and O–H groups in total. The van der Waals surface area contributed by atoms with E-state index in [2.05, 4.69) is 15.5 Å². The molecule has 0 unspecified atom stereocenters. The minimum Gasteiger partial charge on any atom is -0.494 e. The second-order valence-electron chi connectivity index (χ2n) is 4.13. The summed E-state index contributed by atoms with van der Waals surface area (Å²) in [7, 11) is 1.45. The summed E-state index contributed by atoms with van der Waals surface area (Å²) in [6.45, 7) is 3.05. The van der Waals surface area contributed by atoms with E-state index in [-0.39, 0.29) is 11.6 Å². The van der Waals surface area contributed by atoms with Crippen molar-refractivity contribution in [1.29, 1.82) is 0 Å². The molecule has 1 heterocycles. The van der Waals surface area contributed by atoms with Crippen molar-refractivity contribution in [3.8, 4) is 5.75 Å². The lowest BCUT2D eigenvalue weighted by Crippen LogP contribution is -2.17. The molecule has 2 rings (SSSR count). The molecule has 0 aliphatic carbocycles. The van der Waals surface area contributed by atoms with Gasteiger partial charge in [-0.15, -0.1) is 0 Å². The molecule has 19 heavy (non-hydrogen) atoms. The van der Waals surface area contributed by atoms with Gasteiger partial charge < -0.3 is 14.6 Å². The van der Waals surface area contributed by atoms with Gasteiger partial charge in [0.05, 0.1) is 7.11 Å². The summed E-state index contributed by atoms with van der Waals surface area (Å²) in [6.07, 6.45) is 0.652. The molecule has 1 aromatic carbocycles. The lowest BCUT2D eigenvalue weighted by molar-refractivity contribution is 0.372. The summed E-state index contributed by atoms with van der Waals surface area (Å²) in [6, 6.07) is 4.90.